The van der Waals surface area contributed by atoms with E-state index in [1.54, 1.807) is 6.92 Å². The largest absolute Gasteiger partial charge is 0.453 e. The molecule has 0 aromatic heterocycles. The average Bonchev–Trinajstić information content (AvgIpc) is 3.42. The predicted octanol–water partition coefficient (Wildman–Crippen LogP) is 2.10. The number of carbonyl (C=O) groups is 2. The highest BCUT2D eigenvalue weighted by atomic mass is 16.5. The summed E-state index contributed by atoms with van der Waals surface area (Å²) in [5, 5.41) is 0. The molecule has 28 heavy (non-hydrogen) atoms. The number of ether oxygens (including phenoxy) is 2. The highest BCUT2D eigenvalue weighted by Gasteiger charge is 2.45. The summed E-state index contributed by atoms with van der Waals surface area (Å²) in [5.74, 6) is 0.227. The van der Waals surface area contributed by atoms with Crippen molar-refractivity contribution in [3.8, 4) is 0 Å². The minimum atomic E-state index is -0.221. The number of rotatable bonds is 4. The van der Waals surface area contributed by atoms with Gasteiger partial charge in [0.1, 0.15) is 0 Å². The Bertz CT molecular complexity index is 586. The Morgan fingerprint density at radius 1 is 1.11 bits per heavy atom. The Morgan fingerprint density at radius 2 is 1.71 bits per heavy atom. The van der Waals surface area contributed by atoms with Gasteiger partial charge in [-0.25, -0.2) is 4.79 Å². The summed E-state index contributed by atoms with van der Waals surface area (Å²) in [7, 11) is 1.46. The van der Waals surface area contributed by atoms with E-state index in [0.717, 1.165) is 45.3 Å². The van der Waals surface area contributed by atoms with Crippen LogP contribution in [0.15, 0.2) is 0 Å². The predicted molar refractivity (Wildman–Crippen MR) is 105 cm³/mol. The maximum atomic E-state index is 12.2. The van der Waals surface area contributed by atoms with Crippen LogP contribution in [0.1, 0.15) is 52.4 Å². The number of hydrogen-bond donors (Lipinski definition) is 0. The number of morpholine rings is 1. The van der Waals surface area contributed by atoms with Crippen LogP contribution in [0.4, 0.5) is 4.79 Å². The fourth-order valence-electron chi connectivity index (χ4n) is 5.43. The average molecular weight is 394 g/mol. The first kappa shape index (κ1) is 20.0. The van der Waals surface area contributed by atoms with Crippen LogP contribution in [-0.2, 0) is 14.3 Å². The van der Waals surface area contributed by atoms with Crippen LogP contribution in [0.3, 0.4) is 0 Å². The molecule has 0 aromatic rings. The number of piperidine rings is 2. The van der Waals surface area contributed by atoms with Gasteiger partial charge in [-0.1, -0.05) is 6.92 Å². The molecule has 2 unspecified atom stereocenters. The fourth-order valence-corrected chi connectivity index (χ4v) is 5.43. The lowest BCUT2D eigenvalue weighted by atomic mass is 9.88. The third kappa shape index (κ3) is 4.01. The zero-order valence-electron chi connectivity index (χ0n) is 17.6. The van der Waals surface area contributed by atoms with Crippen molar-refractivity contribution >= 4 is 12.0 Å². The minimum absolute atomic E-state index is 0.117. The van der Waals surface area contributed by atoms with Gasteiger partial charge in [0, 0.05) is 38.6 Å². The van der Waals surface area contributed by atoms with E-state index in [4.69, 9.17) is 9.47 Å². The molecule has 2 bridgehead atoms. The molecule has 3 aliphatic heterocycles. The molecule has 4 aliphatic rings. The Kier molecular flexibility index (Phi) is 5.58. The second kappa shape index (κ2) is 7.82. The quantitative estimate of drug-likeness (QED) is 0.732. The maximum absolute atomic E-state index is 12.2. The first-order chi connectivity index (χ1) is 13.4. The van der Waals surface area contributed by atoms with E-state index in [-0.39, 0.29) is 24.1 Å². The monoisotopic (exact) mass is 393 g/mol. The first-order valence-electron chi connectivity index (χ1n) is 10.9. The van der Waals surface area contributed by atoms with E-state index in [1.807, 2.05) is 4.90 Å². The molecule has 3 heterocycles. The number of carbonyl (C=O) groups excluding carboxylic acids is 2. The van der Waals surface area contributed by atoms with Gasteiger partial charge in [-0.05, 0) is 43.9 Å². The standard InChI is InChI=1S/C21H35N3O4/c1-15(25)23(14-21(2)6-7-21)16-4-8-22(9-5-16)17-10-18-12-28-13-19(11-17)24(18)20(26)27-3/h16-19H,4-14H2,1-3H3. The van der Waals surface area contributed by atoms with Crippen molar-refractivity contribution in [1.29, 1.82) is 0 Å². The molecule has 3 saturated heterocycles. The zero-order valence-corrected chi connectivity index (χ0v) is 17.6. The molecule has 0 aromatic carbocycles. The van der Waals surface area contributed by atoms with E-state index >= 15 is 0 Å². The lowest BCUT2D eigenvalue weighted by Crippen LogP contribution is -2.63. The van der Waals surface area contributed by atoms with Crippen molar-refractivity contribution in [3.63, 3.8) is 0 Å². The molecule has 1 saturated carbocycles. The van der Waals surface area contributed by atoms with Gasteiger partial charge in [0.05, 0.1) is 32.4 Å². The first-order valence-corrected chi connectivity index (χ1v) is 10.9. The van der Waals surface area contributed by atoms with Crippen LogP contribution >= 0.6 is 0 Å². The van der Waals surface area contributed by atoms with Crippen molar-refractivity contribution < 1.29 is 19.1 Å². The van der Waals surface area contributed by atoms with Gasteiger partial charge in [0.25, 0.3) is 0 Å². The molecule has 7 nitrogen and oxygen atoms in total. The smallest absolute Gasteiger partial charge is 0.410 e. The molecule has 2 atom stereocenters. The number of nitrogens with zero attached hydrogens (tertiary/aromatic N) is 3. The Labute approximate surface area is 168 Å². The van der Waals surface area contributed by atoms with E-state index < -0.39 is 0 Å². The van der Waals surface area contributed by atoms with Gasteiger partial charge >= 0.3 is 6.09 Å². The Balaban J connectivity index is 1.34. The van der Waals surface area contributed by atoms with Gasteiger partial charge in [-0.3, -0.25) is 9.69 Å². The van der Waals surface area contributed by atoms with Crippen molar-refractivity contribution in [1.82, 2.24) is 14.7 Å². The number of likely N-dealkylation sites (tertiary alicyclic amines) is 1. The highest BCUT2D eigenvalue weighted by molar-refractivity contribution is 5.73. The van der Waals surface area contributed by atoms with E-state index in [2.05, 4.69) is 16.7 Å². The minimum Gasteiger partial charge on any atom is -0.453 e. The van der Waals surface area contributed by atoms with Crippen molar-refractivity contribution in [2.24, 2.45) is 5.41 Å². The van der Waals surface area contributed by atoms with Crippen LogP contribution in [0.2, 0.25) is 0 Å². The van der Waals surface area contributed by atoms with Gasteiger partial charge in [0.2, 0.25) is 5.91 Å². The Morgan fingerprint density at radius 3 is 2.21 bits per heavy atom. The topological polar surface area (TPSA) is 62.3 Å². The molecular formula is C21H35N3O4. The molecule has 4 rings (SSSR count). The SMILES string of the molecule is COC(=O)N1C2COCC1CC(N1CCC(N(CC3(C)CC3)C(C)=O)CC1)C2. The normalized spacial score (nSPS) is 32.7. The summed E-state index contributed by atoms with van der Waals surface area (Å²) >= 11 is 0. The number of amides is 2. The van der Waals surface area contributed by atoms with Crippen LogP contribution in [0.25, 0.3) is 0 Å². The molecule has 0 radical (unpaired) electrons. The number of hydrogen-bond acceptors (Lipinski definition) is 5. The van der Waals surface area contributed by atoms with E-state index in [1.165, 1.54) is 20.0 Å². The zero-order chi connectivity index (χ0) is 19.9. The van der Waals surface area contributed by atoms with Crippen LogP contribution in [0, 0.1) is 5.41 Å². The van der Waals surface area contributed by atoms with Crippen LogP contribution in [-0.4, -0.2) is 90.8 Å². The second-order valence-electron chi connectivity index (χ2n) is 9.57. The Hall–Kier alpha value is -1.34. The molecule has 7 heteroatoms. The molecule has 4 fully saturated rings. The second-order valence-corrected chi connectivity index (χ2v) is 9.57. The summed E-state index contributed by atoms with van der Waals surface area (Å²) in [6, 6.07) is 1.11. The van der Waals surface area contributed by atoms with Crippen molar-refractivity contribution in [2.45, 2.75) is 76.5 Å². The highest BCUT2D eigenvalue weighted by Crippen LogP contribution is 2.46. The van der Waals surface area contributed by atoms with Crippen LogP contribution < -0.4 is 0 Å². The summed E-state index contributed by atoms with van der Waals surface area (Å²) in [4.78, 5) is 31.0. The van der Waals surface area contributed by atoms with Gasteiger partial charge in [0.15, 0.2) is 0 Å². The molecule has 0 spiro atoms. The molecule has 0 N–H and O–H groups in total. The van der Waals surface area contributed by atoms with E-state index in [9.17, 15) is 9.59 Å². The fraction of sp³-hybridized carbons (Fsp3) is 0.905. The summed E-state index contributed by atoms with van der Waals surface area (Å²) < 4.78 is 10.7. The lowest BCUT2D eigenvalue weighted by Gasteiger charge is -2.51. The number of fused-ring (bicyclic) bond motifs is 2. The van der Waals surface area contributed by atoms with Crippen LogP contribution in [0.5, 0.6) is 0 Å². The van der Waals surface area contributed by atoms with Gasteiger partial charge in [-0.15, -0.1) is 0 Å². The summed E-state index contributed by atoms with van der Waals surface area (Å²) in [6.07, 6.45) is 6.28. The third-order valence-electron chi connectivity index (χ3n) is 7.40. The molecule has 158 valence electrons. The third-order valence-corrected chi connectivity index (χ3v) is 7.40. The van der Waals surface area contributed by atoms with E-state index in [0.29, 0.717) is 30.7 Å². The molecular weight excluding hydrogens is 358 g/mol. The van der Waals surface area contributed by atoms with Crippen molar-refractivity contribution in [2.75, 3.05) is 40.0 Å². The lowest BCUT2D eigenvalue weighted by molar-refractivity contribution is -0.133. The molecule has 1 aliphatic carbocycles. The number of methoxy groups -OCH3 is 1. The molecule has 2 amide bonds. The van der Waals surface area contributed by atoms with Crippen molar-refractivity contribution in [3.05, 3.63) is 0 Å². The maximum Gasteiger partial charge on any atom is 0.410 e. The van der Waals surface area contributed by atoms with Gasteiger partial charge < -0.3 is 19.3 Å². The summed E-state index contributed by atoms with van der Waals surface area (Å²) in [6.45, 7) is 8.23. The summed E-state index contributed by atoms with van der Waals surface area (Å²) in [5.41, 5.74) is 0.362. The van der Waals surface area contributed by atoms with Gasteiger partial charge in [-0.2, -0.15) is 0 Å².